The molecule has 0 radical (unpaired) electrons. The first-order valence-corrected chi connectivity index (χ1v) is 9.85. The number of anilines is 1. The van der Waals surface area contributed by atoms with Crippen molar-refractivity contribution in [1.29, 1.82) is 0 Å². The number of ether oxygens (including phenoxy) is 1. The van der Waals surface area contributed by atoms with Crippen molar-refractivity contribution in [3.63, 3.8) is 0 Å². The maximum atomic E-state index is 12.5. The van der Waals surface area contributed by atoms with E-state index in [1.807, 2.05) is 6.07 Å². The summed E-state index contributed by atoms with van der Waals surface area (Å²) in [5.74, 6) is -3.69. The SMILES string of the molecule is CC(C)(C)OC(=O)N[C@](CC(Cc1ccccc1)C(=O)O)(Nc1ccccc1)C(=O)O. The molecule has 0 fully saturated rings. The number of carboxylic acid groups (broad SMARTS) is 2. The molecule has 2 atom stereocenters. The maximum Gasteiger partial charge on any atom is 0.409 e. The standard InChI is InChI=1S/C23H28N2O6/c1-22(2,3)31-21(30)25-23(20(28)29,24-18-12-8-5-9-13-18)15-17(19(26)27)14-16-10-6-4-7-11-16/h4-13,17,24H,14-15H2,1-3H3,(H,25,30)(H,26,27)(H,28,29)/t17?,23-/m0/s1. The van der Waals surface area contributed by atoms with E-state index in [-0.39, 0.29) is 6.42 Å². The van der Waals surface area contributed by atoms with Crippen LogP contribution in [0.4, 0.5) is 10.5 Å². The average molecular weight is 428 g/mol. The molecule has 0 spiro atoms. The van der Waals surface area contributed by atoms with Crippen LogP contribution in [0.5, 0.6) is 0 Å². The van der Waals surface area contributed by atoms with Gasteiger partial charge in [0.25, 0.3) is 0 Å². The van der Waals surface area contributed by atoms with E-state index in [1.165, 1.54) is 0 Å². The monoisotopic (exact) mass is 428 g/mol. The molecule has 8 heteroatoms. The minimum absolute atomic E-state index is 0.0949. The molecule has 2 aromatic rings. The Morgan fingerprint density at radius 2 is 1.48 bits per heavy atom. The van der Waals surface area contributed by atoms with Crippen LogP contribution < -0.4 is 10.6 Å². The van der Waals surface area contributed by atoms with Gasteiger partial charge in [0.1, 0.15) is 5.60 Å². The van der Waals surface area contributed by atoms with Gasteiger partial charge in [-0.3, -0.25) is 10.1 Å². The van der Waals surface area contributed by atoms with Crippen LogP contribution >= 0.6 is 0 Å². The van der Waals surface area contributed by atoms with E-state index in [1.54, 1.807) is 75.4 Å². The molecule has 2 aromatic carbocycles. The number of carbonyl (C=O) groups is 3. The molecular weight excluding hydrogens is 400 g/mol. The number of hydrogen-bond donors (Lipinski definition) is 4. The van der Waals surface area contributed by atoms with Crippen molar-refractivity contribution in [2.24, 2.45) is 5.92 Å². The molecule has 0 heterocycles. The van der Waals surface area contributed by atoms with Crippen molar-refractivity contribution in [1.82, 2.24) is 5.32 Å². The van der Waals surface area contributed by atoms with Crippen molar-refractivity contribution in [3.8, 4) is 0 Å². The fourth-order valence-corrected chi connectivity index (χ4v) is 3.09. The minimum atomic E-state index is -2.11. The lowest BCUT2D eigenvalue weighted by atomic mass is 9.88. The zero-order valence-corrected chi connectivity index (χ0v) is 17.8. The number of carboxylic acids is 2. The van der Waals surface area contributed by atoms with Gasteiger partial charge >= 0.3 is 18.0 Å². The Hall–Kier alpha value is -3.55. The second kappa shape index (κ2) is 9.97. The molecule has 1 unspecified atom stereocenters. The lowest BCUT2D eigenvalue weighted by molar-refractivity contribution is -0.147. The van der Waals surface area contributed by atoms with Gasteiger partial charge in [0, 0.05) is 12.1 Å². The zero-order chi connectivity index (χ0) is 23.1. The van der Waals surface area contributed by atoms with Gasteiger partial charge in [-0.15, -0.1) is 0 Å². The Labute approximate surface area is 181 Å². The van der Waals surface area contributed by atoms with Crippen molar-refractivity contribution >= 4 is 23.7 Å². The molecule has 0 aliphatic carbocycles. The molecule has 0 bridgehead atoms. The summed E-state index contributed by atoms with van der Waals surface area (Å²) in [7, 11) is 0. The molecule has 31 heavy (non-hydrogen) atoms. The average Bonchev–Trinajstić information content (AvgIpc) is 2.67. The highest BCUT2D eigenvalue weighted by atomic mass is 16.6. The molecular formula is C23H28N2O6. The van der Waals surface area contributed by atoms with Crippen LogP contribution in [-0.2, 0) is 20.7 Å². The molecule has 0 saturated heterocycles. The third kappa shape index (κ3) is 7.33. The van der Waals surface area contributed by atoms with E-state index in [4.69, 9.17) is 4.74 Å². The number of amides is 1. The number of aliphatic carboxylic acids is 2. The number of para-hydroxylation sites is 1. The van der Waals surface area contributed by atoms with Crippen molar-refractivity contribution in [2.75, 3.05) is 5.32 Å². The van der Waals surface area contributed by atoms with Gasteiger partial charge in [-0.2, -0.15) is 0 Å². The minimum Gasteiger partial charge on any atom is -0.481 e. The zero-order valence-electron chi connectivity index (χ0n) is 17.8. The Balaban J connectivity index is 2.40. The number of rotatable bonds is 9. The van der Waals surface area contributed by atoms with Crippen molar-refractivity contribution < 1.29 is 29.3 Å². The van der Waals surface area contributed by atoms with Gasteiger partial charge in [-0.05, 0) is 44.9 Å². The summed E-state index contributed by atoms with van der Waals surface area (Å²) in [6, 6.07) is 17.3. The van der Waals surface area contributed by atoms with Gasteiger partial charge in [-0.1, -0.05) is 48.5 Å². The summed E-state index contributed by atoms with van der Waals surface area (Å²) in [4.78, 5) is 36.9. The Bertz CT molecular complexity index is 895. The van der Waals surface area contributed by atoms with Gasteiger partial charge in [-0.25, -0.2) is 9.59 Å². The van der Waals surface area contributed by atoms with Crippen LogP contribution in [0.15, 0.2) is 60.7 Å². The molecule has 0 aliphatic heterocycles. The summed E-state index contributed by atoms with van der Waals surface area (Å²) in [6.07, 6.45) is -1.29. The predicted molar refractivity (Wildman–Crippen MR) is 116 cm³/mol. The van der Waals surface area contributed by atoms with Crippen LogP contribution in [0.25, 0.3) is 0 Å². The topological polar surface area (TPSA) is 125 Å². The number of alkyl carbamates (subject to hydrolysis) is 1. The van der Waals surface area contributed by atoms with Gasteiger partial charge < -0.3 is 20.3 Å². The van der Waals surface area contributed by atoms with E-state index in [0.717, 1.165) is 5.56 Å². The molecule has 0 saturated carbocycles. The predicted octanol–water partition coefficient (Wildman–Crippen LogP) is 3.74. The Morgan fingerprint density at radius 3 is 1.97 bits per heavy atom. The van der Waals surface area contributed by atoms with Crippen LogP contribution in [-0.4, -0.2) is 39.5 Å². The van der Waals surface area contributed by atoms with E-state index in [0.29, 0.717) is 5.69 Å². The smallest absolute Gasteiger partial charge is 0.409 e. The lowest BCUT2D eigenvalue weighted by Gasteiger charge is -2.35. The van der Waals surface area contributed by atoms with Crippen LogP contribution in [0, 0.1) is 5.92 Å². The fourth-order valence-electron chi connectivity index (χ4n) is 3.09. The third-order valence-corrected chi connectivity index (χ3v) is 4.44. The van der Waals surface area contributed by atoms with E-state index in [9.17, 15) is 24.6 Å². The first-order valence-electron chi connectivity index (χ1n) is 9.85. The molecule has 166 valence electrons. The summed E-state index contributed by atoms with van der Waals surface area (Å²) in [5, 5.41) is 25.1. The third-order valence-electron chi connectivity index (χ3n) is 4.44. The van der Waals surface area contributed by atoms with Crippen molar-refractivity contribution in [3.05, 3.63) is 66.2 Å². The summed E-state index contributed by atoms with van der Waals surface area (Å²) < 4.78 is 5.24. The van der Waals surface area contributed by atoms with Crippen LogP contribution in [0.3, 0.4) is 0 Å². The molecule has 2 rings (SSSR count). The molecule has 1 amide bonds. The molecule has 0 aliphatic rings. The molecule has 0 aromatic heterocycles. The first-order chi connectivity index (χ1) is 14.5. The quantitative estimate of drug-likeness (QED) is 0.448. The number of carbonyl (C=O) groups excluding carboxylic acids is 1. The highest BCUT2D eigenvalue weighted by Crippen LogP contribution is 2.25. The fraction of sp³-hybridized carbons (Fsp3) is 0.348. The molecule has 8 nitrogen and oxygen atoms in total. The van der Waals surface area contributed by atoms with E-state index in [2.05, 4.69) is 10.6 Å². The highest BCUT2D eigenvalue weighted by molar-refractivity contribution is 5.88. The largest absolute Gasteiger partial charge is 0.481 e. The van der Waals surface area contributed by atoms with Gasteiger partial charge in [0.15, 0.2) is 0 Å². The van der Waals surface area contributed by atoms with Gasteiger partial charge in [0.05, 0.1) is 5.92 Å². The van der Waals surface area contributed by atoms with Crippen LogP contribution in [0.2, 0.25) is 0 Å². The maximum absolute atomic E-state index is 12.5. The number of benzene rings is 2. The summed E-state index contributed by atoms with van der Waals surface area (Å²) in [6.45, 7) is 4.94. The number of nitrogens with one attached hydrogen (secondary N) is 2. The van der Waals surface area contributed by atoms with E-state index < -0.39 is 41.6 Å². The summed E-state index contributed by atoms with van der Waals surface area (Å²) in [5.41, 5.74) is -1.82. The van der Waals surface area contributed by atoms with E-state index >= 15 is 0 Å². The van der Waals surface area contributed by atoms with Gasteiger partial charge in [0.2, 0.25) is 5.66 Å². The first kappa shape index (κ1) is 23.7. The second-order valence-corrected chi connectivity index (χ2v) is 8.26. The van der Waals surface area contributed by atoms with Crippen LogP contribution in [0.1, 0.15) is 32.8 Å². The molecule has 4 N–H and O–H groups in total. The second-order valence-electron chi connectivity index (χ2n) is 8.26. The normalized spacial score (nSPS) is 14.0. The highest BCUT2D eigenvalue weighted by Gasteiger charge is 2.45. The van der Waals surface area contributed by atoms with Crippen molar-refractivity contribution in [2.45, 2.75) is 44.9 Å². The Kier molecular flexibility index (Phi) is 7.63. The number of hydrogen-bond acceptors (Lipinski definition) is 5. The Morgan fingerprint density at radius 1 is 0.935 bits per heavy atom. The summed E-state index contributed by atoms with van der Waals surface area (Å²) >= 11 is 0. The lowest BCUT2D eigenvalue weighted by Crippen LogP contribution is -2.62.